The summed E-state index contributed by atoms with van der Waals surface area (Å²) in [6.07, 6.45) is 3.09. The smallest absolute Gasteiger partial charge is 0.253 e. The normalized spacial score (nSPS) is 16.7. The maximum atomic E-state index is 12.6. The molecule has 1 aliphatic heterocycles. The summed E-state index contributed by atoms with van der Waals surface area (Å²) < 4.78 is 28.6. The van der Waals surface area contributed by atoms with E-state index in [0.29, 0.717) is 36.4 Å². The zero-order valence-corrected chi connectivity index (χ0v) is 15.3. The van der Waals surface area contributed by atoms with Gasteiger partial charge in [0.2, 0.25) is 10.0 Å². The molecule has 3 rings (SSSR count). The Hall–Kier alpha value is -2.12. The molecule has 7 heteroatoms. The number of aryl methyl sites for hydroxylation is 1. The molecule has 1 amide bonds. The largest absolute Gasteiger partial charge is 0.354 e. The molecule has 0 radical (unpaired) electrons. The molecule has 0 unspecified atom stereocenters. The van der Waals surface area contributed by atoms with E-state index in [1.54, 1.807) is 36.4 Å². The Morgan fingerprint density at radius 2 is 1.76 bits per heavy atom. The average Bonchev–Trinajstić information content (AvgIpc) is 2.95. The van der Waals surface area contributed by atoms with Gasteiger partial charge >= 0.3 is 0 Å². The summed E-state index contributed by atoms with van der Waals surface area (Å²) in [5, 5.41) is 3.03. The molecule has 6 nitrogen and oxygen atoms in total. The minimum atomic E-state index is -3.45. The number of hydrogen-bond acceptors (Lipinski definition) is 3. The molecule has 1 fully saturated rings. The molecule has 1 aromatic carbocycles. The van der Waals surface area contributed by atoms with Crippen LogP contribution in [0.1, 0.15) is 28.9 Å². The number of amides is 1. The van der Waals surface area contributed by atoms with Gasteiger partial charge in [-0.1, -0.05) is 18.2 Å². The second kappa shape index (κ2) is 7.01. The Morgan fingerprint density at radius 1 is 1.12 bits per heavy atom. The lowest BCUT2D eigenvalue weighted by molar-refractivity contribution is 0.0923. The van der Waals surface area contributed by atoms with Gasteiger partial charge in [-0.3, -0.25) is 4.79 Å². The van der Waals surface area contributed by atoms with E-state index in [0.717, 1.165) is 5.69 Å². The minimum absolute atomic E-state index is 0.00525. The van der Waals surface area contributed by atoms with Gasteiger partial charge < -0.3 is 9.88 Å². The highest BCUT2D eigenvalue weighted by Gasteiger charge is 2.30. The van der Waals surface area contributed by atoms with Crippen molar-refractivity contribution >= 4 is 15.9 Å². The van der Waals surface area contributed by atoms with Crippen LogP contribution in [0.15, 0.2) is 47.5 Å². The summed E-state index contributed by atoms with van der Waals surface area (Å²) in [6.45, 7) is 2.73. The Balaban J connectivity index is 1.61. The molecule has 0 saturated carbocycles. The third kappa shape index (κ3) is 3.62. The van der Waals surface area contributed by atoms with Crippen LogP contribution in [0.2, 0.25) is 0 Å². The van der Waals surface area contributed by atoms with Crippen LogP contribution in [0.4, 0.5) is 0 Å². The summed E-state index contributed by atoms with van der Waals surface area (Å²) in [6, 6.07) is 10.3. The van der Waals surface area contributed by atoms with Gasteiger partial charge in [-0.15, -0.1) is 0 Å². The summed E-state index contributed by atoms with van der Waals surface area (Å²) >= 11 is 0. The summed E-state index contributed by atoms with van der Waals surface area (Å²) in [4.78, 5) is 12.7. The first kappa shape index (κ1) is 17.7. The zero-order chi connectivity index (χ0) is 18.0. The van der Waals surface area contributed by atoms with E-state index in [1.807, 2.05) is 24.7 Å². The van der Waals surface area contributed by atoms with Gasteiger partial charge in [0.25, 0.3) is 5.91 Å². The maximum Gasteiger partial charge on any atom is 0.253 e. The molecule has 0 aliphatic carbocycles. The Kier molecular flexibility index (Phi) is 4.96. The fourth-order valence-corrected chi connectivity index (χ4v) is 4.58. The van der Waals surface area contributed by atoms with E-state index in [2.05, 4.69) is 5.32 Å². The lowest BCUT2D eigenvalue weighted by atomic mass is 10.1. The molecule has 1 aromatic heterocycles. The number of benzene rings is 1. The molecular weight excluding hydrogens is 338 g/mol. The Bertz CT molecular complexity index is 851. The van der Waals surface area contributed by atoms with Gasteiger partial charge in [0.15, 0.2) is 0 Å². The molecular formula is C18H23N3O3S. The van der Waals surface area contributed by atoms with Crippen molar-refractivity contribution in [1.82, 2.24) is 14.2 Å². The summed E-state index contributed by atoms with van der Waals surface area (Å²) in [5.74, 6) is -0.0949. The number of rotatable bonds is 4. The molecule has 2 aromatic rings. The van der Waals surface area contributed by atoms with Crippen molar-refractivity contribution in [2.24, 2.45) is 7.05 Å². The zero-order valence-electron chi connectivity index (χ0n) is 14.5. The van der Waals surface area contributed by atoms with Crippen LogP contribution in [0.5, 0.6) is 0 Å². The number of nitrogens with zero attached hydrogens (tertiary/aromatic N) is 2. The quantitative estimate of drug-likeness (QED) is 0.904. The Morgan fingerprint density at radius 3 is 2.32 bits per heavy atom. The molecule has 1 N–H and O–H groups in total. The van der Waals surface area contributed by atoms with E-state index in [4.69, 9.17) is 0 Å². The van der Waals surface area contributed by atoms with Gasteiger partial charge in [-0.2, -0.15) is 4.31 Å². The number of carbonyl (C=O) groups excluding carboxylic acids is 1. The number of aromatic nitrogens is 1. The second-order valence-electron chi connectivity index (χ2n) is 6.39. The van der Waals surface area contributed by atoms with Gasteiger partial charge in [0.05, 0.1) is 10.5 Å². The van der Waals surface area contributed by atoms with Crippen molar-refractivity contribution in [3.63, 3.8) is 0 Å². The number of carbonyl (C=O) groups is 1. The summed E-state index contributed by atoms with van der Waals surface area (Å²) in [5.41, 5.74) is 1.59. The van der Waals surface area contributed by atoms with Crippen LogP contribution < -0.4 is 5.32 Å². The lowest BCUT2D eigenvalue weighted by Crippen LogP contribution is -2.46. The first-order valence-electron chi connectivity index (χ1n) is 8.37. The van der Waals surface area contributed by atoms with E-state index in [1.165, 1.54) is 4.31 Å². The number of nitrogens with one attached hydrogen (secondary N) is 1. The third-order valence-corrected chi connectivity index (χ3v) is 6.71. The van der Waals surface area contributed by atoms with E-state index < -0.39 is 10.0 Å². The van der Waals surface area contributed by atoms with Gasteiger partial charge in [-0.25, -0.2) is 8.42 Å². The van der Waals surface area contributed by atoms with Crippen molar-refractivity contribution in [3.8, 4) is 0 Å². The van der Waals surface area contributed by atoms with Gasteiger partial charge in [0, 0.05) is 38.1 Å². The fourth-order valence-electron chi connectivity index (χ4n) is 3.09. The predicted molar refractivity (Wildman–Crippen MR) is 95.8 cm³/mol. The van der Waals surface area contributed by atoms with Crippen molar-refractivity contribution in [2.75, 3.05) is 13.1 Å². The average molecular weight is 361 g/mol. The Labute approximate surface area is 148 Å². The standard InChI is InChI=1S/C18H23N3O3S/c1-14-17(10-11-20(14)2)18(22)19-15-8-12-21(13-9-15)25(23,24)16-6-4-3-5-7-16/h3-7,10-11,15H,8-9,12-13H2,1-2H3,(H,19,22). The minimum Gasteiger partial charge on any atom is -0.354 e. The number of sulfonamides is 1. The second-order valence-corrected chi connectivity index (χ2v) is 8.33. The van der Waals surface area contributed by atoms with Crippen LogP contribution in [0, 0.1) is 6.92 Å². The number of piperidine rings is 1. The van der Waals surface area contributed by atoms with Gasteiger partial charge in [0.1, 0.15) is 0 Å². The SMILES string of the molecule is Cc1c(C(=O)NC2CCN(S(=O)(=O)c3ccccc3)CC2)ccn1C. The summed E-state index contributed by atoms with van der Waals surface area (Å²) in [7, 11) is -1.55. The van der Waals surface area contributed by atoms with E-state index >= 15 is 0 Å². The van der Waals surface area contributed by atoms with Crippen molar-refractivity contribution < 1.29 is 13.2 Å². The highest BCUT2D eigenvalue weighted by molar-refractivity contribution is 7.89. The van der Waals surface area contributed by atoms with Crippen molar-refractivity contribution in [2.45, 2.75) is 30.7 Å². The first-order valence-corrected chi connectivity index (χ1v) is 9.81. The predicted octanol–water partition coefficient (Wildman–Crippen LogP) is 1.92. The van der Waals surface area contributed by atoms with Crippen LogP contribution in [0.25, 0.3) is 0 Å². The van der Waals surface area contributed by atoms with E-state index in [9.17, 15) is 13.2 Å². The molecule has 1 aliphatic rings. The fraction of sp³-hybridized carbons (Fsp3) is 0.389. The highest BCUT2D eigenvalue weighted by atomic mass is 32.2. The first-order chi connectivity index (χ1) is 11.9. The van der Waals surface area contributed by atoms with Crippen LogP contribution in [-0.2, 0) is 17.1 Å². The molecule has 0 bridgehead atoms. The molecule has 0 atom stereocenters. The highest BCUT2D eigenvalue weighted by Crippen LogP contribution is 2.21. The van der Waals surface area contributed by atoms with Crippen molar-refractivity contribution in [1.29, 1.82) is 0 Å². The van der Waals surface area contributed by atoms with Crippen LogP contribution >= 0.6 is 0 Å². The topological polar surface area (TPSA) is 71.4 Å². The lowest BCUT2D eigenvalue weighted by Gasteiger charge is -2.31. The molecule has 2 heterocycles. The monoisotopic (exact) mass is 361 g/mol. The van der Waals surface area contributed by atoms with Crippen LogP contribution in [0.3, 0.4) is 0 Å². The van der Waals surface area contributed by atoms with Gasteiger partial charge in [-0.05, 0) is 38.0 Å². The van der Waals surface area contributed by atoms with Crippen LogP contribution in [-0.4, -0.2) is 42.3 Å². The van der Waals surface area contributed by atoms with E-state index in [-0.39, 0.29) is 11.9 Å². The molecule has 25 heavy (non-hydrogen) atoms. The maximum absolute atomic E-state index is 12.6. The third-order valence-electron chi connectivity index (χ3n) is 4.80. The van der Waals surface area contributed by atoms with Crippen molar-refractivity contribution in [3.05, 3.63) is 53.9 Å². The molecule has 134 valence electrons. The number of hydrogen-bond donors (Lipinski definition) is 1. The molecule has 0 spiro atoms. The molecule has 1 saturated heterocycles.